The van der Waals surface area contributed by atoms with Crippen LogP contribution in [-0.4, -0.2) is 87.5 Å². The Labute approximate surface area is 349 Å². The highest BCUT2D eigenvalue weighted by Gasteiger charge is 2.44. The number of aliphatic hydroxyl groups is 5. The van der Waals surface area contributed by atoms with Crippen LogP contribution < -0.4 is 5.32 Å². The van der Waals surface area contributed by atoms with E-state index in [4.69, 9.17) is 9.47 Å². The number of hydrogen-bond acceptors (Lipinski definition) is 8. The Morgan fingerprint density at radius 1 is 0.579 bits per heavy atom. The zero-order chi connectivity index (χ0) is 41.6. The molecule has 7 atom stereocenters. The number of amides is 1. The Hall–Kier alpha value is -1.33. The van der Waals surface area contributed by atoms with Crippen LogP contribution in [0.5, 0.6) is 0 Å². The Morgan fingerprint density at radius 3 is 1.42 bits per heavy atom. The van der Waals surface area contributed by atoms with E-state index in [1.165, 1.54) is 148 Å². The van der Waals surface area contributed by atoms with Gasteiger partial charge in [-0.2, -0.15) is 0 Å². The highest BCUT2D eigenvalue weighted by atomic mass is 16.7. The van der Waals surface area contributed by atoms with E-state index in [2.05, 4.69) is 43.5 Å². The SMILES string of the molecule is CCCCCCCC/C=C/CCCCCCCCCCCC(=O)N[C@@H](CO[C@H]1O[C@@H](CO)[C@H](O)C(O)C1O)[C@H](O)CCCC/C=C/CCCCCCCCCCC. The van der Waals surface area contributed by atoms with E-state index in [-0.39, 0.29) is 12.5 Å². The second-order valence-electron chi connectivity index (χ2n) is 16.9. The quantitative estimate of drug-likeness (QED) is 0.0265. The fourth-order valence-electron chi connectivity index (χ4n) is 7.62. The van der Waals surface area contributed by atoms with Crippen molar-refractivity contribution in [3.63, 3.8) is 0 Å². The highest BCUT2D eigenvalue weighted by molar-refractivity contribution is 5.76. The fourth-order valence-corrected chi connectivity index (χ4v) is 7.62. The first-order chi connectivity index (χ1) is 27.8. The van der Waals surface area contributed by atoms with E-state index in [1.807, 2.05) is 0 Å². The van der Waals surface area contributed by atoms with Gasteiger partial charge in [0.05, 0.1) is 25.4 Å². The molecule has 0 aromatic heterocycles. The molecule has 0 aromatic carbocycles. The number of nitrogens with one attached hydrogen (secondary N) is 1. The molecule has 1 fully saturated rings. The predicted octanol–water partition coefficient (Wildman–Crippen LogP) is 10.3. The summed E-state index contributed by atoms with van der Waals surface area (Å²) in [5.74, 6) is -0.156. The molecule has 1 rings (SSSR count). The van der Waals surface area contributed by atoms with Crippen molar-refractivity contribution in [2.75, 3.05) is 13.2 Å². The van der Waals surface area contributed by atoms with Crippen LogP contribution in [0.15, 0.2) is 24.3 Å². The Morgan fingerprint density at radius 2 is 0.982 bits per heavy atom. The maximum absolute atomic E-state index is 13.0. The summed E-state index contributed by atoms with van der Waals surface area (Å²) in [7, 11) is 0. The second kappa shape index (κ2) is 38.8. The smallest absolute Gasteiger partial charge is 0.220 e. The van der Waals surface area contributed by atoms with Crippen LogP contribution in [0, 0.1) is 0 Å². The largest absolute Gasteiger partial charge is 0.394 e. The van der Waals surface area contributed by atoms with Crippen LogP contribution in [0.1, 0.15) is 219 Å². The second-order valence-corrected chi connectivity index (χ2v) is 16.9. The van der Waals surface area contributed by atoms with Gasteiger partial charge in [0, 0.05) is 6.42 Å². The zero-order valence-corrected chi connectivity index (χ0v) is 36.9. The van der Waals surface area contributed by atoms with Gasteiger partial charge in [-0.3, -0.25) is 4.79 Å². The number of hydrogen-bond donors (Lipinski definition) is 6. The molecule has 1 aliphatic heterocycles. The standard InChI is InChI=1S/C48H91NO8/c1-3-5-7-9-11-13-15-17-19-20-21-22-24-26-28-30-32-34-36-38-44(52)49-41(40-56-48-47(55)46(54)45(53)43(39-50)57-48)42(51)37-35-33-31-29-27-25-23-18-16-14-12-10-8-6-4-2/h17,19,27,29,41-43,45-48,50-51,53-55H,3-16,18,20-26,28,30-40H2,1-2H3,(H,49,52)/b19-17+,29-27+/t41-,42+,43-,45-,46?,47?,48-/m0/s1. The summed E-state index contributed by atoms with van der Waals surface area (Å²) < 4.78 is 11.3. The molecule has 6 N–H and O–H groups in total. The van der Waals surface area contributed by atoms with E-state index in [1.54, 1.807) is 0 Å². The molecule has 336 valence electrons. The minimum atomic E-state index is -1.56. The van der Waals surface area contributed by atoms with Crippen molar-refractivity contribution in [1.29, 1.82) is 0 Å². The van der Waals surface area contributed by atoms with Gasteiger partial charge < -0.3 is 40.3 Å². The maximum Gasteiger partial charge on any atom is 0.220 e. The summed E-state index contributed by atoms with van der Waals surface area (Å²) in [6.45, 7) is 3.82. The van der Waals surface area contributed by atoms with Gasteiger partial charge in [0.1, 0.15) is 24.4 Å². The van der Waals surface area contributed by atoms with Gasteiger partial charge in [0.2, 0.25) is 5.91 Å². The highest BCUT2D eigenvalue weighted by Crippen LogP contribution is 2.23. The topological polar surface area (TPSA) is 149 Å². The monoisotopic (exact) mass is 810 g/mol. The van der Waals surface area contributed by atoms with Crippen LogP contribution in [0.4, 0.5) is 0 Å². The molecule has 0 aliphatic carbocycles. The Balaban J connectivity index is 2.32. The molecule has 9 nitrogen and oxygen atoms in total. The number of carbonyl (C=O) groups excluding carboxylic acids is 1. The summed E-state index contributed by atoms with van der Waals surface area (Å²) in [4.78, 5) is 13.0. The normalized spacial score (nSPS) is 21.1. The van der Waals surface area contributed by atoms with Crippen molar-refractivity contribution >= 4 is 5.91 Å². The lowest BCUT2D eigenvalue weighted by Gasteiger charge is -2.40. The molecular weight excluding hydrogens is 719 g/mol. The summed E-state index contributed by atoms with van der Waals surface area (Å²) in [5.41, 5.74) is 0. The van der Waals surface area contributed by atoms with Crippen molar-refractivity contribution in [3.05, 3.63) is 24.3 Å². The number of allylic oxidation sites excluding steroid dienone is 4. The number of rotatable bonds is 40. The molecule has 0 saturated carbocycles. The van der Waals surface area contributed by atoms with Crippen LogP contribution >= 0.6 is 0 Å². The lowest BCUT2D eigenvalue weighted by atomic mass is 9.99. The van der Waals surface area contributed by atoms with Gasteiger partial charge in [-0.1, -0.05) is 173 Å². The van der Waals surface area contributed by atoms with Gasteiger partial charge in [-0.25, -0.2) is 0 Å². The van der Waals surface area contributed by atoms with Crippen molar-refractivity contribution in [2.45, 2.75) is 262 Å². The number of aliphatic hydroxyl groups excluding tert-OH is 5. The summed E-state index contributed by atoms with van der Waals surface area (Å²) in [6, 6.07) is -0.733. The summed E-state index contributed by atoms with van der Waals surface area (Å²) >= 11 is 0. The summed E-state index contributed by atoms with van der Waals surface area (Å²) in [5, 5.41) is 54.4. The number of carbonyl (C=O) groups is 1. The number of unbranched alkanes of at least 4 members (excludes halogenated alkanes) is 26. The van der Waals surface area contributed by atoms with Gasteiger partial charge >= 0.3 is 0 Å². The van der Waals surface area contributed by atoms with E-state index in [0.29, 0.717) is 12.8 Å². The molecule has 0 aromatic rings. The predicted molar refractivity (Wildman–Crippen MR) is 235 cm³/mol. The molecule has 57 heavy (non-hydrogen) atoms. The van der Waals surface area contributed by atoms with Crippen LogP contribution in [0.2, 0.25) is 0 Å². The van der Waals surface area contributed by atoms with E-state index in [0.717, 1.165) is 44.9 Å². The van der Waals surface area contributed by atoms with Gasteiger partial charge in [-0.05, 0) is 64.2 Å². The van der Waals surface area contributed by atoms with Gasteiger partial charge in [0.25, 0.3) is 0 Å². The average molecular weight is 810 g/mol. The molecule has 0 bridgehead atoms. The van der Waals surface area contributed by atoms with Crippen LogP contribution in [0.25, 0.3) is 0 Å². The minimum absolute atomic E-state index is 0.149. The molecule has 0 radical (unpaired) electrons. The minimum Gasteiger partial charge on any atom is -0.394 e. The van der Waals surface area contributed by atoms with Crippen LogP contribution in [-0.2, 0) is 14.3 Å². The van der Waals surface area contributed by atoms with Crippen molar-refractivity contribution in [2.24, 2.45) is 0 Å². The van der Waals surface area contributed by atoms with Crippen molar-refractivity contribution in [1.82, 2.24) is 5.32 Å². The zero-order valence-electron chi connectivity index (χ0n) is 36.9. The molecule has 1 amide bonds. The molecule has 1 heterocycles. The van der Waals surface area contributed by atoms with E-state index < -0.39 is 49.5 Å². The lowest BCUT2D eigenvalue weighted by Crippen LogP contribution is -2.60. The molecule has 1 saturated heterocycles. The first-order valence-electron chi connectivity index (χ1n) is 24.0. The third-order valence-electron chi connectivity index (χ3n) is 11.5. The molecular formula is C48H91NO8. The molecule has 9 heteroatoms. The Kier molecular flexibility index (Phi) is 36.6. The molecule has 0 spiro atoms. The van der Waals surface area contributed by atoms with Gasteiger partial charge in [0.15, 0.2) is 6.29 Å². The van der Waals surface area contributed by atoms with E-state index in [9.17, 15) is 30.3 Å². The van der Waals surface area contributed by atoms with Crippen molar-refractivity contribution < 1.29 is 39.8 Å². The first kappa shape index (κ1) is 53.7. The fraction of sp³-hybridized carbons (Fsp3) is 0.896. The Bertz CT molecular complexity index is 945. The maximum atomic E-state index is 13.0. The third-order valence-corrected chi connectivity index (χ3v) is 11.5. The van der Waals surface area contributed by atoms with Crippen LogP contribution in [0.3, 0.4) is 0 Å². The van der Waals surface area contributed by atoms with Gasteiger partial charge in [-0.15, -0.1) is 0 Å². The average Bonchev–Trinajstić information content (AvgIpc) is 3.21. The van der Waals surface area contributed by atoms with E-state index >= 15 is 0 Å². The number of ether oxygens (including phenoxy) is 2. The lowest BCUT2D eigenvalue weighted by molar-refractivity contribution is -0.302. The molecule has 2 unspecified atom stereocenters. The first-order valence-corrected chi connectivity index (χ1v) is 24.0. The molecule has 1 aliphatic rings. The third kappa shape index (κ3) is 29.5. The summed E-state index contributed by atoms with van der Waals surface area (Å²) in [6.07, 6.45) is 39.0. The van der Waals surface area contributed by atoms with Crippen molar-refractivity contribution in [3.8, 4) is 0 Å².